The molecule has 3 heterocycles. The van der Waals surface area contributed by atoms with E-state index in [9.17, 15) is 29.1 Å². The van der Waals surface area contributed by atoms with E-state index >= 15 is 0 Å². The van der Waals surface area contributed by atoms with Crippen molar-refractivity contribution < 1.29 is 29.1 Å². The highest BCUT2D eigenvalue weighted by atomic mass is 32.2. The zero-order chi connectivity index (χ0) is 26.6. The van der Waals surface area contributed by atoms with Crippen LogP contribution in [0.5, 0.6) is 0 Å². The zero-order valence-electron chi connectivity index (χ0n) is 21.7. The van der Waals surface area contributed by atoms with Crippen LogP contribution < -0.4 is 16.0 Å². The number of carbonyl (C=O) groups excluding carboxylic acids is 4. The van der Waals surface area contributed by atoms with Gasteiger partial charge in [-0.1, -0.05) is 51.4 Å². The molecule has 0 aromatic carbocycles. The third-order valence-electron chi connectivity index (χ3n) is 7.49. The number of rotatable bonds is 18. The first kappa shape index (κ1) is 29.3. The Morgan fingerprint density at radius 3 is 2.24 bits per heavy atom. The molecule has 3 aliphatic rings. The second-order valence-electron chi connectivity index (χ2n) is 10.3. The van der Waals surface area contributed by atoms with Gasteiger partial charge in [-0.2, -0.15) is 11.8 Å². The lowest BCUT2D eigenvalue weighted by Crippen LogP contribution is -2.44. The molecule has 208 valence electrons. The van der Waals surface area contributed by atoms with Crippen molar-refractivity contribution in [3.63, 3.8) is 0 Å². The van der Waals surface area contributed by atoms with Crippen LogP contribution in [-0.2, 0) is 19.2 Å². The number of hydrogen-bond donors (Lipinski definition) is 4. The van der Waals surface area contributed by atoms with Crippen LogP contribution >= 0.6 is 11.8 Å². The Kier molecular flexibility index (Phi) is 12.0. The smallest absolute Gasteiger partial charge is 0.326 e. The first-order valence-corrected chi connectivity index (χ1v) is 14.9. The predicted molar refractivity (Wildman–Crippen MR) is 141 cm³/mol. The van der Waals surface area contributed by atoms with Crippen molar-refractivity contribution in [3.05, 3.63) is 0 Å². The maximum absolute atomic E-state index is 12.0. The number of aliphatic carboxylic acids is 1. The molecule has 0 saturated carbocycles. The van der Waals surface area contributed by atoms with E-state index in [0.29, 0.717) is 31.1 Å². The summed E-state index contributed by atoms with van der Waals surface area (Å²) >= 11 is 1.91. The summed E-state index contributed by atoms with van der Waals surface area (Å²) in [6.45, 7) is 0.712. The molecule has 3 aliphatic heterocycles. The summed E-state index contributed by atoms with van der Waals surface area (Å²) in [5, 5.41) is 18.8. The number of nitrogens with one attached hydrogen (secondary N) is 3. The summed E-state index contributed by atoms with van der Waals surface area (Å²) in [6, 6.07) is -0.596. The van der Waals surface area contributed by atoms with Crippen LogP contribution in [-0.4, -0.2) is 75.4 Å². The van der Waals surface area contributed by atoms with Gasteiger partial charge in [0.05, 0.1) is 12.1 Å². The van der Waals surface area contributed by atoms with Crippen LogP contribution in [0.3, 0.4) is 0 Å². The van der Waals surface area contributed by atoms with Gasteiger partial charge in [0, 0.05) is 36.8 Å². The fourth-order valence-electron chi connectivity index (χ4n) is 5.42. The van der Waals surface area contributed by atoms with Crippen molar-refractivity contribution in [1.29, 1.82) is 0 Å². The summed E-state index contributed by atoms with van der Waals surface area (Å²) < 4.78 is 0. The maximum atomic E-state index is 12.0. The zero-order valence-corrected chi connectivity index (χ0v) is 22.5. The summed E-state index contributed by atoms with van der Waals surface area (Å²) in [5.74, 6) is -0.763. The molecule has 3 saturated heterocycles. The number of amides is 5. The lowest BCUT2D eigenvalue weighted by atomic mass is 10.0. The SMILES string of the molecule is O=C(CCCCC1SC[C@@H]2NC(=O)N[C@H]12)NCCCCCCCCCCC(C(=O)O)N1C(=O)CCC1=O. The molecule has 3 fully saturated rings. The van der Waals surface area contributed by atoms with Crippen molar-refractivity contribution in [2.75, 3.05) is 12.3 Å². The fourth-order valence-corrected chi connectivity index (χ4v) is 6.96. The van der Waals surface area contributed by atoms with Gasteiger partial charge in [0.15, 0.2) is 0 Å². The summed E-state index contributed by atoms with van der Waals surface area (Å²) in [4.78, 5) is 59.5. The number of imide groups is 1. The number of urea groups is 1. The van der Waals surface area contributed by atoms with Gasteiger partial charge in [0.25, 0.3) is 0 Å². The number of carboxylic acids is 1. The molecule has 0 bridgehead atoms. The van der Waals surface area contributed by atoms with Gasteiger partial charge in [0.1, 0.15) is 6.04 Å². The molecule has 11 heteroatoms. The van der Waals surface area contributed by atoms with Gasteiger partial charge in [0.2, 0.25) is 17.7 Å². The monoisotopic (exact) mass is 538 g/mol. The van der Waals surface area contributed by atoms with Gasteiger partial charge in [-0.25, -0.2) is 9.59 Å². The molecule has 10 nitrogen and oxygen atoms in total. The number of hydrogen-bond acceptors (Lipinski definition) is 6. The van der Waals surface area contributed by atoms with Gasteiger partial charge in [-0.05, 0) is 25.7 Å². The van der Waals surface area contributed by atoms with Gasteiger partial charge >= 0.3 is 12.0 Å². The standard InChI is InChI=1S/C26H42N4O6S/c31-21(13-9-8-12-20-24-18(17-37-20)28-26(36)29-24)27-16-10-6-4-2-1-3-5-7-11-19(25(34)35)30-22(32)14-15-23(30)33/h18-20,24H,1-17H2,(H,27,31)(H,34,35)(H2,28,29,36)/t18-,19?,20?,24-/m0/s1. The van der Waals surface area contributed by atoms with Crippen molar-refractivity contribution in [2.24, 2.45) is 0 Å². The van der Waals surface area contributed by atoms with E-state index in [1.165, 1.54) is 0 Å². The second kappa shape index (κ2) is 15.2. The highest BCUT2D eigenvalue weighted by molar-refractivity contribution is 8.00. The minimum absolute atomic E-state index is 0.0575. The molecule has 2 unspecified atom stereocenters. The lowest BCUT2D eigenvalue weighted by molar-refractivity contribution is -0.154. The van der Waals surface area contributed by atoms with E-state index in [-0.39, 0.29) is 48.7 Å². The molecular formula is C26H42N4O6S. The molecule has 4 atom stereocenters. The summed E-state index contributed by atoms with van der Waals surface area (Å²) in [5.41, 5.74) is 0. The molecule has 0 aromatic rings. The molecule has 0 spiro atoms. The molecule has 37 heavy (non-hydrogen) atoms. The number of nitrogens with zero attached hydrogens (tertiary/aromatic N) is 1. The summed E-state index contributed by atoms with van der Waals surface area (Å²) in [7, 11) is 0. The van der Waals surface area contributed by atoms with Crippen molar-refractivity contribution in [1.82, 2.24) is 20.9 Å². The number of unbranched alkanes of at least 4 members (excludes halogenated alkanes) is 8. The average Bonchev–Trinajstić information content (AvgIpc) is 3.51. The third-order valence-corrected chi connectivity index (χ3v) is 9.00. The highest BCUT2D eigenvalue weighted by Gasteiger charge is 2.42. The van der Waals surface area contributed by atoms with Crippen LogP contribution in [0.4, 0.5) is 4.79 Å². The first-order chi connectivity index (χ1) is 17.9. The molecule has 0 aliphatic carbocycles. The van der Waals surface area contributed by atoms with Crippen molar-refractivity contribution in [2.45, 2.75) is 120 Å². The van der Waals surface area contributed by atoms with Crippen molar-refractivity contribution >= 4 is 41.5 Å². The minimum atomic E-state index is -1.10. The molecule has 0 radical (unpaired) electrons. The maximum Gasteiger partial charge on any atom is 0.326 e. The van der Waals surface area contributed by atoms with E-state index in [2.05, 4.69) is 16.0 Å². The van der Waals surface area contributed by atoms with Crippen LogP contribution in [0, 0.1) is 0 Å². The number of likely N-dealkylation sites (tertiary alicyclic amines) is 1. The quantitative estimate of drug-likeness (QED) is 0.119. The number of carboxylic acid groups (broad SMARTS) is 1. The number of fused-ring (bicyclic) bond motifs is 1. The van der Waals surface area contributed by atoms with Crippen molar-refractivity contribution in [3.8, 4) is 0 Å². The molecule has 3 rings (SSSR count). The predicted octanol–water partition coefficient (Wildman–Crippen LogP) is 2.94. The Bertz CT molecular complexity index is 809. The molecular weight excluding hydrogens is 496 g/mol. The molecule has 0 aromatic heterocycles. The van der Waals surface area contributed by atoms with E-state index in [1.807, 2.05) is 11.8 Å². The minimum Gasteiger partial charge on any atom is -0.480 e. The Hall–Kier alpha value is -2.30. The summed E-state index contributed by atoms with van der Waals surface area (Å²) in [6.07, 6.45) is 11.9. The van der Waals surface area contributed by atoms with E-state index in [1.54, 1.807) is 0 Å². The molecule has 5 amide bonds. The highest BCUT2D eigenvalue weighted by Crippen LogP contribution is 2.33. The van der Waals surface area contributed by atoms with Gasteiger partial charge in [-0.3, -0.25) is 19.3 Å². The van der Waals surface area contributed by atoms with Crippen LogP contribution in [0.2, 0.25) is 0 Å². The van der Waals surface area contributed by atoms with Crippen LogP contribution in [0.15, 0.2) is 0 Å². The fraction of sp³-hybridized carbons (Fsp3) is 0.808. The Labute approximate surface area is 223 Å². The normalized spacial score (nSPS) is 23.6. The second-order valence-corrected chi connectivity index (χ2v) is 11.6. The third kappa shape index (κ3) is 9.19. The van der Waals surface area contributed by atoms with Crippen LogP contribution in [0.1, 0.15) is 96.3 Å². The largest absolute Gasteiger partial charge is 0.480 e. The van der Waals surface area contributed by atoms with Gasteiger partial charge in [-0.15, -0.1) is 0 Å². The Morgan fingerprint density at radius 2 is 1.57 bits per heavy atom. The molecule has 4 N–H and O–H groups in total. The van der Waals surface area contributed by atoms with E-state index in [4.69, 9.17) is 0 Å². The van der Waals surface area contributed by atoms with E-state index in [0.717, 1.165) is 74.9 Å². The number of thioether (sulfide) groups is 1. The van der Waals surface area contributed by atoms with Gasteiger partial charge < -0.3 is 21.1 Å². The topological polar surface area (TPSA) is 145 Å². The average molecular weight is 539 g/mol. The lowest BCUT2D eigenvalue weighted by Gasteiger charge is -2.22. The van der Waals surface area contributed by atoms with Crippen LogP contribution in [0.25, 0.3) is 0 Å². The Morgan fingerprint density at radius 1 is 0.919 bits per heavy atom. The van der Waals surface area contributed by atoms with E-state index < -0.39 is 12.0 Å². The number of carbonyl (C=O) groups is 5. The Balaban J connectivity index is 1.10. The first-order valence-electron chi connectivity index (χ1n) is 13.9.